The molecule has 0 bridgehead atoms. The first-order valence-electron chi connectivity index (χ1n) is 5.79. The molecule has 0 atom stereocenters. The van der Waals surface area contributed by atoms with Crippen LogP contribution in [0, 0.1) is 0 Å². The second kappa shape index (κ2) is 6.87. The lowest BCUT2D eigenvalue weighted by molar-refractivity contribution is 0.0996. The molecule has 0 fully saturated rings. The van der Waals surface area contributed by atoms with Crippen LogP contribution in [0.15, 0.2) is 27.2 Å². The summed E-state index contributed by atoms with van der Waals surface area (Å²) >= 11 is 20.8. The number of hydrogen-bond acceptors (Lipinski definition) is 4. The molecule has 4 N–H and O–H groups in total. The van der Waals surface area contributed by atoms with E-state index >= 15 is 0 Å². The summed E-state index contributed by atoms with van der Waals surface area (Å²) in [5.41, 5.74) is 12.3. The number of anilines is 1. The molecule has 0 aliphatic rings. The second-order valence-corrected chi connectivity index (χ2v) is 6.51. The van der Waals surface area contributed by atoms with Crippen molar-refractivity contribution in [2.45, 2.75) is 6.54 Å². The Hall–Kier alpha value is -1.28. The Morgan fingerprint density at radius 2 is 1.95 bits per heavy atom. The third-order valence-electron chi connectivity index (χ3n) is 2.72. The number of hydrogen-bond donors (Lipinski definition) is 2. The third-order valence-corrected chi connectivity index (χ3v) is 4.15. The van der Waals surface area contributed by atoms with Crippen molar-refractivity contribution >= 4 is 67.5 Å². The third kappa shape index (κ3) is 3.73. The maximum absolute atomic E-state index is 11.1. The van der Waals surface area contributed by atoms with Gasteiger partial charge in [0, 0.05) is 4.47 Å². The number of primary amides is 1. The van der Waals surface area contributed by atoms with Crippen molar-refractivity contribution in [1.29, 1.82) is 0 Å². The van der Waals surface area contributed by atoms with E-state index in [9.17, 15) is 4.79 Å². The van der Waals surface area contributed by atoms with E-state index in [-0.39, 0.29) is 27.6 Å². The number of nitrogen functional groups attached to an aromatic ring is 1. The van der Waals surface area contributed by atoms with Gasteiger partial charge in [0.25, 0.3) is 5.91 Å². The Bertz CT molecular complexity index is 770. The van der Waals surface area contributed by atoms with Crippen molar-refractivity contribution in [3.05, 3.63) is 44.0 Å². The first-order valence-corrected chi connectivity index (χ1v) is 7.71. The standard InChI is InChI=1S/C12H9BrCl3N5O/c13-7-2-5(1-6(3-7)8(14)10(15)16)4-21-11(17)9(12(18)22)19-20-21/h1-3H,4,17H2,(H2,18,22). The summed E-state index contributed by atoms with van der Waals surface area (Å²) in [6.07, 6.45) is 0. The summed E-state index contributed by atoms with van der Waals surface area (Å²) in [5.74, 6) is -0.648. The molecule has 6 nitrogen and oxygen atoms in total. The van der Waals surface area contributed by atoms with Gasteiger partial charge in [-0.1, -0.05) is 55.9 Å². The molecule has 0 radical (unpaired) electrons. The number of halogens is 4. The highest BCUT2D eigenvalue weighted by atomic mass is 79.9. The van der Waals surface area contributed by atoms with E-state index in [2.05, 4.69) is 26.2 Å². The monoisotopic (exact) mass is 423 g/mol. The van der Waals surface area contributed by atoms with Gasteiger partial charge in [0.05, 0.1) is 11.6 Å². The topological polar surface area (TPSA) is 99.8 Å². The van der Waals surface area contributed by atoms with Crippen molar-refractivity contribution in [2.24, 2.45) is 5.73 Å². The lowest BCUT2D eigenvalue weighted by Gasteiger charge is -2.08. The van der Waals surface area contributed by atoms with E-state index in [1.54, 1.807) is 12.1 Å². The average molecular weight is 426 g/mol. The van der Waals surface area contributed by atoms with Gasteiger partial charge in [-0.3, -0.25) is 4.79 Å². The fourth-order valence-electron chi connectivity index (χ4n) is 1.76. The van der Waals surface area contributed by atoms with Crippen LogP contribution in [-0.4, -0.2) is 20.9 Å². The number of carbonyl (C=O) groups excluding carboxylic acids is 1. The maximum atomic E-state index is 11.1. The van der Waals surface area contributed by atoms with Crippen LogP contribution in [0.3, 0.4) is 0 Å². The van der Waals surface area contributed by atoms with Gasteiger partial charge in [0.15, 0.2) is 11.5 Å². The highest BCUT2D eigenvalue weighted by Crippen LogP contribution is 2.30. The number of aromatic nitrogens is 3. The molecule has 0 unspecified atom stereocenters. The Balaban J connectivity index is 2.39. The van der Waals surface area contributed by atoms with Gasteiger partial charge in [0.2, 0.25) is 0 Å². The first-order chi connectivity index (χ1) is 10.3. The van der Waals surface area contributed by atoms with Gasteiger partial charge >= 0.3 is 0 Å². The molecular weight excluding hydrogens is 416 g/mol. The minimum Gasteiger partial charge on any atom is -0.382 e. The van der Waals surface area contributed by atoms with Gasteiger partial charge in [-0.2, -0.15) is 0 Å². The minimum atomic E-state index is -0.737. The van der Waals surface area contributed by atoms with E-state index in [4.69, 9.17) is 46.3 Å². The molecule has 116 valence electrons. The Labute approximate surface area is 149 Å². The average Bonchev–Trinajstić information content (AvgIpc) is 2.78. The van der Waals surface area contributed by atoms with E-state index in [0.717, 1.165) is 10.0 Å². The van der Waals surface area contributed by atoms with E-state index in [1.165, 1.54) is 4.68 Å². The van der Waals surface area contributed by atoms with Crippen LogP contribution in [0.25, 0.3) is 5.03 Å². The number of rotatable bonds is 4. The van der Waals surface area contributed by atoms with Crippen molar-refractivity contribution in [3.63, 3.8) is 0 Å². The first kappa shape index (κ1) is 17.1. The SMILES string of the molecule is NC(=O)c1nnn(Cc2cc(Br)cc(C(Cl)=C(Cl)Cl)c2)c1N. The number of nitrogens with zero attached hydrogens (tertiary/aromatic N) is 3. The Morgan fingerprint density at radius 1 is 1.27 bits per heavy atom. The van der Waals surface area contributed by atoms with Gasteiger partial charge in [-0.15, -0.1) is 5.10 Å². The van der Waals surface area contributed by atoms with Crippen LogP contribution in [0.2, 0.25) is 0 Å². The fraction of sp³-hybridized carbons (Fsp3) is 0.0833. The number of amides is 1. The lowest BCUT2D eigenvalue weighted by atomic mass is 10.1. The van der Waals surface area contributed by atoms with Gasteiger partial charge in [-0.25, -0.2) is 4.68 Å². The molecule has 1 heterocycles. The van der Waals surface area contributed by atoms with E-state index in [1.807, 2.05) is 6.07 Å². The molecule has 0 saturated carbocycles. The van der Waals surface area contributed by atoms with Gasteiger partial charge in [0.1, 0.15) is 4.49 Å². The molecule has 10 heteroatoms. The van der Waals surface area contributed by atoms with Crippen LogP contribution in [0.1, 0.15) is 21.6 Å². The van der Waals surface area contributed by atoms with Crippen molar-refractivity contribution in [1.82, 2.24) is 15.0 Å². The van der Waals surface area contributed by atoms with Crippen LogP contribution >= 0.6 is 50.7 Å². The van der Waals surface area contributed by atoms with Crippen LogP contribution in [-0.2, 0) is 6.54 Å². The molecule has 1 amide bonds. The molecule has 1 aromatic heterocycles. The quantitative estimate of drug-likeness (QED) is 0.786. The fourth-order valence-corrected chi connectivity index (χ4v) is 2.63. The summed E-state index contributed by atoms with van der Waals surface area (Å²) in [6.45, 7) is 0.266. The van der Waals surface area contributed by atoms with Crippen molar-refractivity contribution in [2.75, 3.05) is 5.73 Å². The molecule has 0 aliphatic carbocycles. The van der Waals surface area contributed by atoms with Crippen molar-refractivity contribution < 1.29 is 4.79 Å². The van der Waals surface area contributed by atoms with E-state index in [0.29, 0.717) is 5.56 Å². The highest BCUT2D eigenvalue weighted by molar-refractivity contribution is 9.10. The molecule has 22 heavy (non-hydrogen) atoms. The molecule has 1 aromatic carbocycles. The second-order valence-electron chi connectivity index (χ2n) is 4.27. The summed E-state index contributed by atoms with van der Waals surface area (Å²) in [4.78, 5) is 11.1. The maximum Gasteiger partial charge on any atom is 0.273 e. The zero-order valence-corrected chi connectivity index (χ0v) is 14.7. The zero-order valence-electron chi connectivity index (χ0n) is 10.9. The molecule has 0 saturated heterocycles. The predicted molar refractivity (Wildman–Crippen MR) is 90.7 cm³/mol. The molecule has 2 rings (SSSR count). The molecular formula is C12H9BrCl3N5O. The summed E-state index contributed by atoms with van der Waals surface area (Å²) in [7, 11) is 0. The van der Waals surface area contributed by atoms with Crippen LogP contribution < -0.4 is 11.5 Å². The number of carbonyl (C=O) groups is 1. The van der Waals surface area contributed by atoms with E-state index < -0.39 is 5.91 Å². The van der Waals surface area contributed by atoms with Crippen LogP contribution in [0.5, 0.6) is 0 Å². The summed E-state index contributed by atoms with van der Waals surface area (Å²) < 4.78 is 2.08. The lowest BCUT2D eigenvalue weighted by Crippen LogP contribution is -2.15. The number of nitrogens with two attached hydrogens (primary N) is 2. The number of benzene rings is 1. The van der Waals surface area contributed by atoms with Crippen LogP contribution in [0.4, 0.5) is 5.82 Å². The summed E-state index contributed by atoms with van der Waals surface area (Å²) in [6, 6.07) is 5.36. The smallest absolute Gasteiger partial charge is 0.273 e. The molecule has 0 spiro atoms. The predicted octanol–water partition coefficient (Wildman–Crippen LogP) is 3.11. The highest BCUT2D eigenvalue weighted by Gasteiger charge is 2.15. The Morgan fingerprint density at radius 3 is 2.50 bits per heavy atom. The molecule has 0 aliphatic heterocycles. The van der Waals surface area contributed by atoms with Gasteiger partial charge < -0.3 is 11.5 Å². The largest absolute Gasteiger partial charge is 0.382 e. The Kier molecular flexibility index (Phi) is 5.33. The zero-order chi connectivity index (χ0) is 16.4. The molecule has 2 aromatic rings. The van der Waals surface area contributed by atoms with Gasteiger partial charge in [-0.05, 0) is 29.3 Å². The minimum absolute atomic E-state index is 0.0398. The normalized spacial score (nSPS) is 10.5. The van der Waals surface area contributed by atoms with Crippen molar-refractivity contribution in [3.8, 4) is 0 Å². The summed E-state index contributed by atoms with van der Waals surface area (Å²) in [5, 5.41) is 7.66.